The number of amides is 2. The van der Waals surface area contributed by atoms with Gasteiger partial charge in [0, 0.05) is 16.3 Å². The second kappa shape index (κ2) is 14.5. The number of rotatable bonds is 13. The van der Waals surface area contributed by atoms with E-state index in [1.54, 1.807) is 60.7 Å². The van der Waals surface area contributed by atoms with E-state index in [4.69, 9.17) is 30.5 Å². The van der Waals surface area contributed by atoms with Gasteiger partial charge in [-0.1, -0.05) is 18.5 Å². The Bertz CT molecular complexity index is 1260. The number of anilines is 1. The van der Waals surface area contributed by atoms with Gasteiger partial charge < -0.3 is 24.3 Å². The van der Waals surface area contributed by atoms with Crippen LogP contribution in [0.1, 0.15) is 36.2 Å². The van der Waals surface area contributed by atoms with Crippen molar-refractivity contribution < 1.29 is 28.5 Å². The molecule has 0 aliphatic rings. The van der Waals surface area contributed by atoms with Crippen molar-refractivity contribution in [3.63, 3.8) is 0 Å². The number of hydrazone groups is 1. The highest BCUT2D eigenvalue weighted by Gasteiger charge is 2.12. The Morgan fingerprint density at radius 2 is 1.63 bits per heavy atom. The van der Waals surface area contributed by atoms with E-state index in [-0.39, 0.29) is 12.5 Å². The lowest BCUT2D eigenvalue weighted by Crippen LogP contribution is -2.20. The maximum absolute atomic E-state index is 12.6. The first-order valence-corrected chi connectivity index (χ1v) is 12.4. The van der Waals surface area contributed by atoms with Gasteiger partial charge in [0.2, 0.25) is 0 Å². The van der Waals surface area contributed by atoms with Crippen LogP contribution in [-0.4, -0.2) is 45.0 Å². The monoisotopic (exact) mass is 539 g/mol. The third-order valence-electron chi connectivity index (χ3n) is 5.02. The topological polar surface area (TPSA) is 107 Å². The number of hydrogen-bond acceptors (Lipinski definition) is 7. The van der Waals surface area contributed by atoms with Gasteiger partial charge in [-0.05, 0) is 79.6 Å². The minimum absolute atomic E-state index is 0.214. The Labute approximate surface area is 226 Å². The number of nitrogens with zero attached hydrogens (tertiary/aromatic N) is 1. The molecule has 38 heavy (non-hydrogen) atoms. The number of nitrogens with one attached hydrogen (secondary N) is 2. The van der Waals surface area contributed by atoms with E-state index in [0.29, 0.717) is 58.0 Å². The van der Waals surface area contributed by atoms with Gasteiger partial charge in [-0.2, -0.15) is 5.10 Å². The molecule has 3 aromatic carbocycles. The van der Waals surface area contributed by atoms with Crippen LogP contribution < -0.4 is 29.7 Å². The van der Waals surface area contributed by atoms with Crippen molar-refractivity contribution in [2.45, 2.75) is 20.3 Å². The average Bonchev–Trinajstić information content (AvgIpc) is 2.92. The lowest BCUT2D eigenvalue weighted by atomic mass is 10.2. The van der Waals surface area contributed by atoms with E-state index >= 15 is 0 Å². The second-order valence-electron chi connectivity index (χ2n) is 7.90. The lowest BCUT2D eigenvalue weighted by Gasteiger charge is -2.12. The number of carbonyl (C=O) groups is 2. The molecule has 3 aromatic rings. The van der Waals surface area contributed by atoms with E-state index < -0.39 is 5.91 Å². The molecule has 0 radical (unpaired) electrons. The highest BCUT2D eigenvalue weighted by molar-refractivity contribution is 6.30. The number of ether oxygens (including phenoxy) is 4. The molecule has 2 amide bonds. The van der Waals surface area contributed by atoms with Crippen molar-refractivity contribution in [2.24, 2.45) is 5.10 Å². The Kier molecular flexibility index (Phi) is 10.8. The van der Waals surface area contributed by atoms with Gasteiger partial charge >= 0.3 is 0 Å². The predicted octanol–water partition coefficient (Wildman–Crippen LogP) is 5.32. The summed E-state index contributed by atoms with van der Waals surface area (Å²) in [6.45, 7) is 4.66. The van der Waals surface area contributed by atoms with E-state index in [2.05, 4.69) is 15.8 Å². The van der Waals surface area contributed by atoms with Gasteiger partial charge in [0.15, 0.2) is 29.6 Å². The van der Waals surface area contributed by atoms with Crippen LogP contribution in [0, 0.1) is 0 Å². The molecular formula is C28H30ClN3O6. The fraction of sp³-hybridized carbons (Fsp3) is 0.250. The van der Waals surface area contributed by atoms with Gasteiger partial charge in [-0.3, -0.25) is 9.59 Å². The summed E-state index contributed by atoms with van der Waals surface area (Å²) in [5, 5.41) is 7.33. The third-order valence-corrected chi connectivity index (χ3v) is 5.27. The zero-order valence-corrected chi connectivity index (χ0v) is 22.2. The van der Waals surface area contributed by atoms with Gasteiger partial charge in [-0.25, -0.2) is 5.43 Å². The Balaban J connectivity index is 1.58. The number of halogens is 1. The smallest absolute Gasteiger partial charge is 0.271 e. The van der Waals surface area contributed by atoms with Crippen LogP contribution in [0.2, 0.25) is 5.02 Å². The molecule has 3 rings (SSSR count). The molecule has 0 saturated heterocycles. The Morgan fingerprint density at radius 1 is 0.895 bits per heavy atom. The van der Waals surface area contributed by atoms with Crippen LogP contribution in [0.5, 0.6) is 23.0 Å². The molecule has 200 valence electrons. The summed E-state index contributed by atoms with van der Waals surface area (Å²) in [5.41, 5.74) is 4.14. The van der Waals surface area contributed by atoms with Crippen molar-refractivity contribution in [1.29, 1.82) is 0 Å². The molecule has 0 unspecified atom stereocenters. The minimum Gasteiger partial charge on any atom is -0.493 e. The molecule has 2 N–H and O–H groups in total. The van der Waals surface area contributed by atoms with Crippen molar-refractivity contribution in [3.05, 3.63) is 76.8 Å². The zero-order valence-electron chi connectivity index (χ0n) is 21.5. The number of methoxy groups -OCH3 is 1. The summed E-state index contributed by atoms with van der Waals surface area (Å²) in [4.78, 5) is 24.8. The maximum atomic E-state index is 12.6. The molecule has 0 bridgehead atoms. The molecule has 0 aliphatic heterocycles. The van der Waals surface area contributed by atoms with Crippen molar-refractivity contribution in [3.8, 4) is 23.0 Å². The van der Waals surface area contributed by atoms with Crippen LogP contribution >= 0.6 is 11.6 Å². The average molecular weight is 540 g/mol. The number of benzene rings is 3. The number of hydrogen-bond donors (Lipinski definition) is 2. The second-order valence-corrected chi connectivity index (χ2v) is 8.33. The van der Waals surface area contributed by atoms with Crippen LogP contribution in [0.25, 0.3) is 0 Å². The standard InChI is InChI=1S/C28H30ClN3O6/c1-4-14-37-24-13-7-20(16-26(24)36-5-2)28(34)32-30-17-19-6-12-23(25(15-19)35-3)38-18-27(33)31-22-10-8-21(29)9-11-22/h6-13,15-17H,4-5,14,18H2,1-3H3,(H,31,33)(H,32,34)/b30-17+. The first kappa shape index (κ1) is 28.3. The summed E-state index contributed by atoms with van der Waals surface area (Å²) in [6.07, 6.45) is 2.33. The van der Waals surface area contributed by atoms with Crippen molar-refractivity contribution in [1.82, 2.24) is 5.43 Å². The zero-order chi connectivity index (χ0) is 27.3. The molecule has 10 heteroatoms. The first-order chi connectivity index (χ1) is 18.4. The summed E-state index contributed by atoms with van der Waals surface area (Å²) >= 11 is 5.86. The van der Waals surface area contributed by atoms with Gasteiger partial charge in [0.1, 0.15) is 0 Å². The van der Waals surface area contributed by atoms with E-state index in [1.807, 2.05) is 13.8 Å². The third kappa shape index (κ3) is 8.41. The van der Waals surface area contributed by atoms with Crippen LogP contribution in [0.4, 0.5) is 5.69 Å². The SMILES string of the molecule is CCCOc1ccc(C(=O)N/N=C/c2ccc(OCC(=O)Nc3ccc(Cl)cc3)c(OC)c2)cc1OCC. The highest BCUT2D eigenvalue weighted by Crippen LogP contribution is 2.29. The molecule has 0 aromatic heterocycles. The summed E-state index contributed by atoms with van der Waals surface area (Å²) in [6, 6.07) is 16.8. The van der Waals surface area contributed by atoms with Gasteiger partial charge in [0.25, 0.3) is 11.8 Å². The van der Waals surface area contributed by atoms with Crippen molar-refractivity contribution in [2.75, 3.05) is 32.2 Å². The van der Waals surface area contributed by atoms with Crippen molar-refractivity contribution >= 4 is 35.3 Å². The predicted molar refractivity (Wildman–Crippen MR) is 147 cm³/mol. The van der Waals surface area contributed by atoms with Crippen LogP contribution in [0.3, 0.4) is 0 Å². The fourth-order valence-corrected chi connectivity index (χ4v) is 3.36. The fourth-order valence-electron chi connectivity index (χ4n) is 3.24. The molecule has 0 fully saturated rings. The van der Waals surface area contributed by atoms with Gasteiger partial charge in [0.05, 0.1) is 26.5 Å². The van der Waals surface area contributed by atoms with E-state index in [1.165, 1.54) is 13.3 Å². The molecule has 0 atom stereocenters. The quantitative estimate of drug-likeness (QED) is 0.225. The highest BCUT2D eigenvalue weighted by atomic mass is 35.5. The molecule has 0 saturated carbocycles. The van der Waals surface area contributed by atoms with E-state index in [0.717, 1.165) is 6.42 Å². The van der Waals surface area contributed by atoms with Crippen LogP contribution in [-0.2, 0) is 4.79 Å². The Hall–Kier alpha value is -4.24. The summed E-state index contributed by atoms with van der Waals surface area (Å²) in [5.74, 6) is 1.14. The summed E-state index contributed by atoms with van der Waals surface area (Å²) in [7, 11) is 1.49. The molecular weight excluding hydrogens is 510 g/mol. The molecule has 0 aliphatic carbocycles. The number of carbonyl (C=O) groups excluding carboxylic acids is 2. The normalized spacial score (nSPS) is 10.6. The first-order valence-electron chi connectivity index (χ1n) is 12.0. The lowest BCUT2D eigenvalue weighted by molar-refractivity contribution is -0.118. The summed E-state index contributed by atoms with van der Waals surface area (Å²) < 4.78 is 22.3. The molecule has 9 nitrogen and oxygen atoms in total. The van der Waals surface area contributed by atoms with Crippen LogP contribution in [0.15, 0.2) is 65.8 Å². The maximum Gasteiger partial charge on any atom is 0.271 e. The molecule has 0 spiro atoms. The largest absolute Gasteiger partial charge is 0.493 e. The minimum atomic E-state index is -0.400. The molecule has 0 heterocycles. The van der Waals surface area contributed by atoms with E-state index in [9.17, 15) is 9.59 Å². The van der Waals surface area contributed by atoms with Gasteiger partial charge in [-0.15, -0.1) is 0 Å². The Morgan fingerprint density at radius 3 is 2.34 bits per heavy atom.